The highest BCUT2D eigenvalue weighted by molar-refractivity contribution is 5.96. The van der Waals surface area contributed by atoms with Crippen LogP contribution in [-0.4, -0.2) is 39.8 Å². The normalized spacial score (nSPS) is 13.0. The number of benzene rings is 1. The van der Waals surface area contributed by atoms with E-state index in [1.165, 1.54) is 0 Å². The molecule has 0 atom stereocenters. The minimum absolute atomic E-state index is 0.0432. The summed E-state index contributed by atoms with van der Waals surface area (Å²) >= 11 is 0. The summed E-state index contributed by atoms with van der Waals surface area (Å²) in [6.45, 7) is 2.00. The fourth-order valence-electron chi connectivity index (χ4n) is 2.99. The van der Waals surface area contributed by atoms with E-state index in [0.29, 0.717) is 23.0 Å². The van der Waals surface area contributed by atoms with Crippen molar-refractivity contribution >= 4 is 17.6 Å². The Morgan fingerprint density at radius 1 is 1.14 bits per heavy atom. The number of aromatic nitrogens is 3. The van der Waals surface area contributed by atoms with E-state index in [9.17, 15) is 9.59 Å². The van der Waals surface area contributed by atoms with Crippen molar-refractivity contribution in [3.05, 3.63) is 60.2 Å². The number of nitrogens with zero attached hydrogens (tertiary/aromatic N) is 3. The number of carbonyl (C=O) groups is 2. The largest absolute Gasteiger partial charge is 0.349 e. The van der Waals surface area contributed by atoms with Crippen molar-refractivity contribution in [3.63, 3.8) is 0 Å². The van der Waals surface area contributed by atoms with Crippen molar-refractivity contribution in [2.45, 2.75) is 25.8 Å². The molecule has 0 aliphatic heterocycles. The van der Waals surface area contributed by atoms with E-state index in [4.69, 9.17) is 0 Å². The molecule has 0 bridgehead atoms. The number of amides is 3. The van der Waals surface area contributed by atoms with Crippen LogP contribution in [0.4, 0.5) is 10.5 Å². The number of nitrogens with one attached hydrogen (secondary N) is 3. The zero-order valence-electron chi connectivity index (χ0n) is 16.3. The standard InChI is InChI=1S/C21H22N6O2/c1-13-3-4-14(20(28)25-16-5-6-16)7-19(13)15-9-24-27(12-15)18-8-17(10-23-11-18)26-21(29)22-2/h3-4,7-12,16H,5-6H2,1-2H3,(H,25,28)(H2,22,26,29). The summed E-state index contributed by atoms with van der Waals surface area (Å²) in [4.78, 5) is 28.1. The van der Waals surface area contributed by atoms with Gasteiger partial charge in [0.15, 0.2) is 0 Å². The Hall–Kier alpha value is -3.68. The molecule has 29 heavy (non-hydrogen) atoms. The van der Waals surface area contributed by atoms with Gasteiger partial charge in [-0.1, -0.05) is 6.07 Å². The molecule has 1 aliphatic carbocycles. The Morgan fingerprint density at radius 3 is 2.72 bits per heavy atom. The highest BCUT2D eigenvalue weighted by atomic mass is 16.2. The predicted octanol–water partition coefficient (Wildman–Crippen LogP) is 2.89. The van der Waals surface area contributed by atoms with Crippen molar-refractivity contribution in [2.24, 2.45) is 0 Å². The van der Waals surface area contributed by atoms with Crippen LogP contribution < -0.4 is 16.0 Å². The van der Waals surface area contributed by atoms with Crippen LogP contribution in [0.3, 0.4) is 0 Å². The Kier molecular flexibility index (Phi) is 4.99. The van der Waals surface area contributed by atoms with Gasteiger partial charge in [0, 0.05) is 30.4 Å². The van der Waals surface area contributed by atoms with Gasteiger partial charge in [-0.2, -0.15) is 5.10 Å². The number of rotatable bonds is 5. The molecule has 0 unspecified atom stereocenters. The van der Waals surface area contributed by atoms with Gasteiger partial charge in [0.05, 0.1) is 30.0 Å². The molecule has 8 nitrogen and oxygen atoms in total. The number of anilines is 1. The minimum Gasteiger partial charge on any atom is -0.349 e. The van der Waals surface area contributed by atoms with Crippen LogP contribution in [0.25, 0.3) is 16.8 Å². The van der Waals surface area contributed by atoms with E-state index in [0.717, 1.165) is 29.5 Å². The van der Waals surface area contributed by atoms with Gasteiger partial charge in [-0.15, -0.1) is 0 Å². The van der Waals surface area contributed by atoms with E-state index in [2.05, 4.69) is 26.0 Å². The number of carbonyl (C=O) groups excluding carboxylic acids is 2. The van der Waals surface area contributed by atoms with Gasteiger partial charge in [-0.25, -0.2) is 9.48 Å². The molecule has 148 valence electrons. The summed E-state index contributed by atoms with van der Waals surface area (Å²) in [5, 5.41) is 12.6. The molecule has 0 spiro atoms. The van der Waals surface area contributed by atoms with Gasteiger partial charge in [-0.3, -0.25) is 9.78 Å². The second-order valence-corrected chi connectivity index (χ2v) is 7.09. The van der Waals surface area contributed by atoms with E-state index in [1.807, 2.05) is 31.3 Å². The van der Waals surface area contributed by atoms with Crippen LogP contribution in [0.1, 0.15) is 28.8 Å². The lowest BCUT2D eigenvalue weighted by atomic mass is 10.0. The monoisotopic (exact) mass is 390 g/mol. The van der Waals surface area contributed by atoms with Gasteiger partial charge in [0.1, 0.15) is 0 Å². The van der Waals surface area contributed by atoms with Gasteiger partial charge in [-0.05, 0) is 49.1 Å². The highest BCUT2D eigenvalue weighted by Gasteiger charge is 2.24. The van der Waals surface area contributed by atoms with Gasteiger partial charge < -0.3 is 16.0 Å². The predicted molar refractivity (Wildman–Crippen MR) is 110 cm³/mol. The van der Waals surface area contributed by atoms with E-state index in [-0.39, 0.29) is 11.9 Å². The Labute approximate surface area is 168 Å². The van der Waals surface area contributed by atoms with Crippen LogP contribution in [0.5, 0.6) is 0 Å². The third kappa shape index (κ3) is 4.26. The molecule has 1 aliphatic rings. The topological polar surface area (TPSA) is 101 Å². The average molecular weight is 390 g/mol. The minimum atomic E-state index is -0.318. The molecule has 1 fully saturated rings. The first-order chi connectivity index (χ1) is 14.0. The fourth-order valence-corrected chi connectivity index (χ4v) is 2.99. The maximum atomic E-state index is 12.4. The van der Waals surface area contributed by atoms with Crippen LogP contribution >= 0.6 is 0 Å². The van der Waals surface area contributed by atoms with Gasteiger partial charge in [0.2, 0.25) is 0 Å². The summed E-state index contributed by atoms with van der Waals surface area (Å²) in [5.74, 6) is -0.0432. The third-order valence-electron chi connectivity index (χ3n) is 4.78. The van der Waals surface area contributed by atoms with Crippen molar-refractivity contribution in [1.29, 1.82) is 0 Å². The second-order valence-electron chi connectivity index (χ2n) is 7.09. The molecule has 8 heteroatoms. The molecular formula is C21H22N6O2. The average Bonchev–Trinajstić information content (AvgIpc) is 3.40. The molecule has 2 aromatic heterocycles. The summed E-state index contributed by atoms with van der Waals surface area (Å²) < 4.78 is 1.69. The molecule has 2 heterocycles. The lowest BCUT2D eigenvalue weighted by Gasteiger charge is -2.08. The van der Waals surface area contributed by atoms with Crippen molar-refractivity contribution in [3.8, 4) is 16.8 Å². The number of aryl methyl sites for hydroxylation is 1. The molecule has 3 aromatic rings. The second kappa shape index (κ2) is 7.75. The summed E-state index contributed by atoms with van der Waals surface area (Å²) in [5.41, 5.74) is 4.82. The zero-order valence-corrected chi connectivity index (χ0v) is 16.3. The van der Waals surface area contributed by atoms with E-state index in [1.54, 1.807) is 36.4 Å². The lowest BCUT2D eigenvalue weighted by molar-refractivity contribution is 0.0951. The molecule has 4 rings (SSSR count). The van der Waals surface area contributed by atoms with Crippen molar-refractivity contribution in [1.82, 2.24) is 25.4 Å². The lowest BCUT2D eigenvalue weighted by Crippen LogP contribution is -2.25. The molecular weight excluding hydrogens is 368 g/mol. The first kappa shape index (κ1) is 18.7. The molecule has 0 saturated heterocycles. The highest BCUT2D eigenvalue weighted by Crippen LogP contribution is 2.26. The maximum Gasteiger partial charge on any atom is 0.319 e. The molecule has 0 radical (unpaired) electrons. The van der Waals surface area contributed by atoms with E-state index < -0.39 is 0 Å². The fraction of sp³-hybridized carbons (Fsp3) is 0.238. The number of urea groups is 1. The summed E-state index contributed by atoms with van der Waals surface area (Å²) in [7, 11) is 1.55. The van der Waals surface area contributed by atoms with Crippen LogP contribution in [-0.2, 0) is 0 Å². The van der Waals surface area contributed by atoms with Crippen LogP contribution in [0.2, 0.25) is 0 Å². The van der Waals surface area contributed by atoms with E-state index >= 15 is 0 Å². The zero-order chi connectivity index (χ0) is 20.4. The quantitative estimate of drug-likeness (QED) is 0.623. The van der Waals surface area contributed by atoms with Crippen LogP contribution in [0, 0.1) is 6.92 Å². The van der Waals surface area contributed by atoms with Crippen molar-refractivity contribution < 1.29 is 9.59 Å². The summed E-state index contributed by atoms with van der Waals surface area (Å²) in [6.07, 6.45) is 8.97. The van der Waals surface area contributed by atoms with Crippen LogP contribution in [0.15, 0.2) is 49.1 Å². The smallest absolute Gasteiger partial charge is 0.319 e. The van der Waals surface area contributed by atoms with Gasteiger partial charge >= 0.3 is 6.03 Å². The maximum absolute atomic E-state index is 12.4. The molecule has 1 aromatic carbocycles. The number of hydrogen-bond acceptors (Lipinski definition) is 4. The SMILES string of the molecule is CNC(=O)Nc1cncc(-n2cc(-c3cc(C(=O)NC4CC4)ccc3C)cn2)c1. The number of pyridine rings is 1. The number of hydrogen-bond donors (Lipinski definition) is 3. The first-order valence-corrected chi connectivity index (χ1v) is 9.44. The Bertz CT molecular complexity index is 1070. The molecule has 3 amide bonds. The summed E-state index contributed by atoms with van der Waals surface area (Å²) in [6, 6.07) is 7.48. The van der Waals surface area contributed by atoms with Gasteiger partial charge in [0.25, 0.3) is 5.91 Å². The first-order valence-electron chi connectivity index (χ1n) is 9.44. The Morgan fingerprint density at radius 2 is 1.97 bits per heavy atom. The molecule has 1 saturated carbocycles. The third-order valence-corrected chi connectivity index (χ3v) is 4.78. The molecule has 3 N–H and O–H groups in total. The Balaban J connectivity index is 1.60. The van der Waals surface area contributed by atoms with Crippen molar-refractivity contribution in [2.75, 3.05) is 12.4 Å².